The van der Waals surface area contributed by atoms with Crippen molar-refractivity contribution in [2.24, 2.45) is 0 Å². The van der Waals surface area contributed by atoms with Gasteiger partial charge < -0.3 is 4.74 Å². The smallest absolute Gasteiger partial charge is 0.310 e. The van der Waals surface area contributed by atoms with E-state index in [2.05, 4.69) is 21.9 Å². The number of thioether (sulfide) groups is 1. The van der Waals surface area contributed by atoms with Crippen LogP contribution in [0.5, 0.6) is 0 Å². The zero-order chi connectivity index (χ0) is 11.4. The summed E-state index contributed by atoms with van der Waals surface area (Å²) in [4.78, 5) is 17.6. The maximum Gasteiger partial charge on any atom is 0.310 e. The number of aromatic nitrogens is 1. The van der Waals surface area contributed by atoms with E-state index < -0.39 is 0 Å². The van der Waals surface area contributed by atoms with E-state index in [0.29, 0.717) is 6.42 Å². The highest BCUT2D eigenvalue weighted by molar-refractivity contribution is 8.11. The average molecular weight is 253 g/mol. The number of nitrogens with zero attached hydrogens (tertiary/aromatic N) is 1. The van der Waals surface area contributed by atoms with Crippen molar-refractivity contribution in [2.45, 2.75) is 12.8 Å². The van der Waals surface area contributed by atoms with Crippen LogP contribution in [-0.2, 0) is 9.53 Å². The molecule has 0 spiro atoms. The second-order valence-corrected chi connectivity index (χ2v) is 5.09. The number of hydrogen-bond acceptors (Lipinski definition) is 5. The SMILES string of the molecule is COC(=O)CC1=CCC=C(c2cscn2)S1. The number of methoxy groups -OCH3 is 1. The van der Waals surface area contributed by atoms with Crippen LogP contribution in [0.3, 0.4) is 0 Å². The number of ether oxygens (including phenoxy) is 1. The number of allylic oxidation sites excluding steroid dienone is 2. The number of thiazole rings is 1. The summed E-state index contributed by atoms with van der Waals surface area (Å²) < 4.78 is 4.65. The lowest BCUT2D eigenvalue weighted by atomic mass is 10.2. The van der Waals surface area contributed by atoms with Crippen LogP contribution >= 0.6 is 23.1 Å². The number of hydrogen-bond donors (Lipinski definition) is 0. The van der Waals surface area contributed by atoms with Crippen molar-refractivity contribution in [2.75, 3.05) is 7.11 Å². The molecule has 1 aromatic rings. The Morgan fingerprint density at radius 2 is 2.44 bits per heavy atom. The van der Waals surface area contributed by atoms with E-state index in [-0.39, 0.29) is 5.97 Å². The van der Waals surface area contributed by atoms with Crippen molar-refractivity contribution < 1.29 is 9.53 Å². The molecule has 0 bridgehead atoms. The van der Waals surface area contributed by atoms with E-state index in [1.54, 1.807) is 23.1 Å². The molecule has 1 aromatic heterocycles. The molecule has 0 unspecified atom stereocenters. The van der Waals surface area contributed by atoms with Crippen LogP contribution in [0.25, 0.3) is 4.91 Å². The predicted molar refractivity (Wildman–Crippen MR) is 67.0 cm³/mol. The minimum Gasteiger partial charge on any atom is -0.469 e. The molecule has 1 aliphatic rings. The minimum absolute atomic E-state index is 0.196. The minimum atomic E-state index is -0.196. The molecular weight excluding hydrogens is 242 g/mol. The predicted octanol–water partition coefficient (Wildman–Crippen LogP) is 3.07. The van der Waals surface area contributed by atoms with E-state index >= 15 is 0 Å². The fourth-order valence-electron chi connectivity index (χ4n) is 1.34. The summed E-state index contributed by atoms with van der Waals surface area (Å²) in [5.41, 5.74) is 2.81. The highest BCUT2D eigenvalue weighted by Gasteiger charge is 2.14. The second kappa shape index (κ2) is 5.32. The van der Waals surface area contributed by atoms with Gasteiger partial charge in [0, 0.05) is 10.3 Å². The molecule has 84 valence electrons. The van der Waals surface area contributed by atoms with Crippen LogP contribution < -0.4 is 0 Å². The number of esters is 1. The molecule has 0 N–H and O–H groups in total. The average Bonchev–Trinajstić information content (AvgIpc) is 2.83. The Hall–Kier alpha value is -1.07. The molecule has 0 amide bonds. The van der Waals surface area contributed by atoms with Gasteiger partial charge in [0.1, 0.15) is 0 Å². The molecule has 0 fully saturated rings. The Morgan fingerprint density at radius 3 is 3.12 bits per heavy atom. The van der Waals surface area contributed by atoms with Gasteiger partial charge in [0.2, 0.25) is 0 Å². The molecule has 3 nitrogen and oxygen atoms in total. The first-order valence-electron chi connectivity index (χ1n) is 4.82. The highest BCUT2D eigenvalue weighted by atomic mass is 32.2. The maximum absolute atomic E-state index is 11.2. The van der Waals surface area contributed by atoms with Gasteiger partial charge in [-0.2, -0.15) is 0 Å². The van der Waals surface area contributed by atoms with E-state index in [9.17, 15) is 4.79 Å². The molecule has 2 rings (SSSR count). The molecule has 0 saturated carbocycles. The Labute approximate surface area is 102 Å². The molecule has 1 aliphatic heterocycles. The summed E-state index contributed by atoms with van der Waals surface area (Å²) in [6.45, 7) is 0. The Kier molecular flexibility index (Phi) is 3.79. The molecule has 0 aliphatic carbocycles. The summed E-state index contributed by atoms with van der Waals surface area (Å²) in [7, 11) is 1.41. The zero-order valence-electron chi connectivity index (χ0n) is 8.80. The fraction of sp³-hybridized carbons (Fsp3) is 0.273. The van der Waals surface area contributed by atoms with Gasteiger partial charge in [0.05, 0.1) is 24.7 Å². The van der Waals surface area contributed by atoms with Gasteiger partial charge in [0.15, 0.2) is 0 Å². The maximum atomic E-state index is 11.2. The highest BCUT2D eigenvalue weighted by Crippen LogP contribution is 2.38. The summed E-state index contributed by atoms with van der Waals surface area (Å²) in [6.07, 6.45) is 5.38. The van der Waals surface area contributed by atoms with E-state index in [0.717, 1.165) is 21.9 Å². The molecule has 2 heterocycles. The molecule has 0 atom stereocenters. The lowest BCUT2D eigenvalue weighted by Crippen LogP contribution is -2.01. The van der Waals surface area contributed by atoms with Crippen molar-refractivity contribution in [3.8, 4) is 0 Å². The van der Waals surface area contributed by atoms with E-state index in [1.807, 2.05) is 10.9 Å². The topological polar surface area (TPSA) is 39.2 Å². The van der Waals surface area contributed by atoms with E-state index in [1.165, 1.54) is 7.11 Å². The molecular formula is C11H11NO2S2. The normalized spacial score (nSPS) is 15.3. The van der Waals surface area contributed by atoms with Crippen LogP contribution in [0.2, 0.25) is 0 Å². The summed E-state index contributed by atoms with van der Waals surface area (Å²) in [6, 6.07) is 0. The molecule has 16 heavy (non-hydrogen) atoms. The summed E-state index contributed by atoms with van der Waals surface area (Å²) >= 11 is 3.17. The van der Waals surface area contributed by atoms with Crippen molar-refractivity contribution in [1.29, 1.82) is 0 Å². The van der Waals surface area contributed by atoms with Crippen molar-refractivity contribution in [3.63, 3.8) is 0 Å². The zero-order valence-corrected chi connectivity index (χ0v) is 10.4. The van der Waals surface area contributed by atoms with Gasteiger partial charge >= 0.3 is 5.97 Å². The van der Waals surface area contributed by atoms with Crippen LogP contribution in [0.1, 0.15) is 18.5 Å². The Bertz CT molecular complexity index is 435. The lowest BCUT2D eigenvalue weighted by molar-refractivity contribution is -0.139. The summed E-state index contributed by atoms with van der Waals surface area (Å²) in [5.74, 6) is -0.196. The van der Waals surface area contributed by atoms with Gasteiger partial charge in [-0.05, 0) is 11.3 Å². The van der Waals surface area contributed by atoms with Crippen LogP contribution in [-0.4, -0.2) is 18.1 Å². The number of rotatable bonds is 3. The number of carbonyl (C=O) groups is 1. The molecule has 0 aromatic carbocycles. The molecule has 0 saturated heterocycles. The van der Waals surface area contributed by atoms with Gasteiger partial charge in [0.25, 0.3) is 0 Å². The lowest BCUT2D eigenvalue weighted by Gasteiger charge is -2.12. The standard InChI is InChI=1S/C11H11NO2S2/c1-14-11(13)5-8-3-2-4-10(16-8)9-6-15-7-12-9/h3-4,6-7H,2,5H2,1H3. The van der Waals surface area contributed by atoms with Crippen LogP contribution in [0.15, 0.2) is 27.9 Å². The Morgan fingerprint density at radius 1 is 1.56 bits per heavy atom. The van der Waals surface area contributed by atoms with Gasteiger partial charge in [-0.1, -0.05) is 23.9 Å². The van der Waals surface area contributed by atoms with Crippen molar-refractivity contribution in [3.05, 3.63) is 33.6 Å². The van der Waals surface area contributed by atoms with Crippen molar-refractivity contribution >= 4 is 34.0 Å². The third-order valence-electron chi connectivity index (χ3n) is 2.12. The third-order valence-corrected chi connectivity index (χ3v) is 3.88. The van der Waals surface area contributed by atoms with Gasteiger partial charge in [-0.25, -0.2) is 4.98 Å². The van der Waals surface area contributed by atoms with Gasteiger partial charge in [-0.15, -0.1) is 11.3 Å². The fourth-order valence-corrected chi connectivity index (χ4v) is 3.01. The Balaban J connectivity index is 2.02. The monoisotopic (exact) mass is 253 g/mol. The second-order valence-electron chi connectivity index (χ2n) is 3.20. The third kappa shape index (κ3) is 2.74. The quantitative estimate of drug-likeness (QED) is 0.776. The first-order chi connectivity index (χ1) is 7.79. The first kappa shape index (κ1) is 11.4. The van der Waals surface area contributed by atoms with Crippen molar-refractivity contribution in [1.82, 2.24) is 4.98 Å². The van der Waals surface area contributed by atoms with Crippen LogP contribution in [0.4, 0.5) is 0 Å². The summed E-state index contributed by atoms with van der Waals surface area (Å²) in [5, 5.41) is 2.01. The first-order valence-corrected chi connectivity index (χ1v) is 6.58. The largest absolute Gasteiger partial charge is 0.469 e. The van der Waals surface area contributed by atoms with Crippen LogP contribution in [0, 0.1) is 0 Å². The molecule has 0 radical (unpaired) electrons. The molecule has 5 heteroatoms. The number of carbonyl (C=O) groups excluding carboxylic acids is 1. The van der Waals surface area contributed by atoms with Gasteiger partial charge in [-0.3, -0.25) is 4.79 Å². The van der Waals surface area contributed by atoms with E-state index in [4.69, 9.17) is 0 Å².